The molecule has 0 saturated heterocycles. The van der Waals surface area contributed by atoms with E-state index in [1.54, 1.807) is 11.6 Å². The fourth-order valence-corrected chi connectivity index (χ4v) is 4.60. The number of nitrogens with one attached hydrogen (secondary N) is 1. The van der Waals surface area contributed by atoms with Crippen molar-refractivity contribution in [3.05, 3.63) is 57.5 Å². The molecule has 12 heteroatoms. The lowest BCUT2D eigenvalue weighted by Crippen LogP contribution is -2.31. The van der Waals surface area contributed by atoms with Gasteiger partial charge in [-0.05, 0) is 18.2 Å². The number of esters is 1. The molecule has 3 aromatic rings. The zero-order valence-corrected chi connectivity index (χ0v) is 16.6. The van der Waals surface area contributed by atoms with Gasteiger partial charge in [0.25, 0.3) is 5.56 Å². The topological polar surface area (TPSA) is 89.8 Å². The van der Waals surface area contributed by atoms with Crippen LogP contribution in [0.3, 0.4) is 0 Å². The van der Waals surface area contributed by atoms with Crippen molar-refractivity contribution < 1.29 is 27.5 Å². The van der Waals surface area contributed by atoms with Crippen LogP contribution >= 0.6 is 23.1 Å². The summed E-state index contributed by atoms with van der Waals surface area (Å²) in [5.41, 5.74) is -0.838. The Balaban J connectivity index is 1.40. The molecule has 156 valence electrons. The largest absolute Gasteiger partial charge is 0.459 e. The second-order valence-electron chi connectivity index (χ2n) is 6.31. The molecular weight excluding hydrogens is 443 g/mol. The van der Waals surface area contributed by atoms with Crippen LogP contribution in [0.1, 0.15) is 17.7 Å². The summed E-state index contributed by atoms with van der Waals surface area (Å²) in [6, 6.07) is 4.29. The Labute approximate surface area is 174 Å². The second-order valence-corrected chi connectivity index (χ2v) is 8.43. The fourth-order valence-electron chi connectivity index (χ4n) is 2.79. The number of halogens is 3. The van der Waals surface area contributed by atoms with Gasteiger partial charge in [-0.2, -0.15) is 13.2 Å². The molecule has 2 aromatic heterocycles. The molecule has 0 spiro atoms. The Hall–Kier alpha value is -2.86. The van der Waals surface area contributed by atoms with Crippen LogP contribution in [-0.4, -0.2) is 26.5 Å². The second kappa shape index (κ2) is 7.76. The number of rotatable bonds is 4. The van der Waals surface area contributed by atoms with Crippen LogP contribution in [0.25, 0.3) is 4.96 Å². The number of thioether (sulfide) groups is 1. The van der Waals surface area contributed by atoms with Gasteiger partial charge in [-0.3, -0.25) is 18.8 Å². The van der Waals surface area contributed by atoms with E-state index in [1.165, 1.54) is 27.9 Å². The van der Waals surface area contributed by atoms with E-state index in [0.29, 0.717) is 9.86 Å². The van der Waals surface area contributed by atoms with E-state index in [-0.39, 0.29) is 30.0 Å². The molecule has 0 aliphatic carbocycles. The van der Waals surface area contributed by atoms with E-state index in [2.05, 4.69) is 10.3 Å². The summed E-state index contributed by atoms with van der Waals surface area (Å²) in [7, 11) is 0. The lowest BCUT2D eigenvalue weighted by Gasteiger charge is -2.24. The van der Waals surface area contributed by atoms with Gasteiger partial charge in [-0.25, -0.2) is 4.98 Å². The van der Waals surface area contributed by atoms with Gasteiger partial charge in [0.2, 0.25) is 5.91 Å². The standard InChI is InChI=1S/C18H12F3N3O4S2/c19-18(20,21)9-1-2-12-11(5-9)23-16(27)13(30-12)7-15(26)28-8-10-6-14(25)24-3-4-29-17(24)22-10/h1-6,13H,7-8H2,(H,23,27)/t13-/m0/s1. The minimum Gasteiger partial charge on any atom is -0.459 e. The van der Waals surface area contributed by atoms with Crippen molar-refractivity contribution in [3.63, 3.8) is 0 Å². The first-order valence-corrected chi connectivity index (χ1v) is 10.3. The lowest BCUT2D eigenvalue weighted by molar-refractivity contribution is -0.145. The number of hydrogen-bond acceptors (Lipinski definition) is 7. The number of anilines is 1. The quantitative estimate of drug-likeness (QED) is 0.607. The molecule has 0 saturated carbocycles. The third-order valence-electron chi connectivity index (χ3n) is 4.22. The molecule has 1 aliphatic heterocycles. The van der Waals surface area contributed by atoms with Crippen LogP contribution < -0.4 is 10.9 Å². The summed E-state index contributed by atoms with van der Waals surface area (Å²) in [5, 5.41) is 3.26. The maximum absolute atomic E-state index is 12.8. The molecule has 7 nitrogen and oxygen atoms in total. The number of ether oxygens (including phenoxy) is 1. The number of thiazole rings is 1. The highest BCUT2D eigenvalue weighted by atomic mass is 32.2. The molecule has 4 rings (SSSR count). The van der Waals surface area contributed by atoms with Crippen LogP contribution in [-0.2, 0) is 27.1 Å². The van der Waals surface area contributed by atoms with Crippen molar-refractivity contribution in [2.45, 2.75) is 29.3 Å². The van der Waals surface area contributed by atoms with Crippen LogP contribution in [0, 0.1) is 0 Å². The van der Waals surface area contributed by atoms with Gasteiger partial charge in [-0.15, -0.1) is 23.1 Å². The van der Waals surface area contributed by atoms with Crippen molar-refractivity contribution in [3.8, 4) is 0 Å². The number of aromatic nitrogens is 2. The maximum atomic E-state index is 12.8. The molecule has 1 amide bonds. The summed E-state index contributed by atoms with van der Waals surface area (Å²) < 4.78 is 44.9. The SMILES string of the molecule is O=C(C[C@@H]1Sc2ccc(C(F)(F)F)cc2NC1=O)OCc1cc(=O)n2ccsc2n1. The molecular formula is C18H12F3N3O4S2. The normalized spacial score (nSPS) is 16.2. The number of fused-ring (bicyclic) bond motifs is 2. The minimum atomic E-state index is -4.52. The zero-order chi connectivity index (χ0) is 21.5. The first-order chi connectivity index (χ1) is 14.2. The average Bonchev–Trinajstić information content (AvgIpc) is 3.15. The maximum Gasteiger partial charge on any atom is 0.416 e. The van der Waals surface area contributed by atoms with Crippen LogP contribution in [0.15, 0.2) is 45.5 Å². The average molecular weight is 455 g/mol. The predicted octanol–water partition coefficient (Wildman–Crippen LogP) is 3.32. The third-order valence-corrected chi connectivity index (χ3v) is 6.25. The van der Waals surface area contributed by atoms with Gasteiger partial charge in [0, 0.05) is 22.5 Å². The summed E-state index contributed by atoms with van der Waals surface area (Å²) in [6.07, 6.45) is -3.22. The first kappa shape index (κ1) is 20.4. The molecule has 1 N–H and O–H groups in total. The number of carbonyl (C=O) groups excluding carboxylic acids is 2. The lowest BCUT2D eigenvalue weighted by atomic mass is 10.1. The van der Waals surface area contributed by atoms with Crippen LogP contribution in [0.5, 0.6) is 0 Å². The Morgan fingerprint density at radius 3 is 2.83 bits per heavy atom. The van der Waals surface area contributed by atoms with Crippen molar-refractivity contribution >= 4 is 45.6 Å². The summed E-state index contributed by atoms with van der Waals surface area (Å²) >= 11 is 2.25. The smallest absolute Gasteiger partial charge is 0.416 e. The van der Waals surface area contributed by atoms with Gasteiger partial charge < -0.3 is 10.1 Å². The highest BCUT2D eigenvalue weighted by molar-refractivity contribution is 8.01. The molecule has 0 bridgehead atoms. The Kier molecular flexibility index (Phi) is 5.28. The number of alkyl halides is 3. The minimum absolute atomic E-state index is 0.0540. The third kappa shape index (κ3) is 4.19. The summed E-state index contributed by atoms with van der Waals surface area (Å²) in [4.78, 5) is 41.4. The molecule has 3 heterocycles. The predicted molar refractivity (Wildman–Crippen MR) is 103 cm³/mol. The van der Waals surface area contributed by atoms with E-state index >= 15 is 0 Å². The zero-order valence-electron chi connectivity index (χ0n) is 14.9. The number of hydrogen-bond donors (Lipinski definition) is 1. The first-order valence-electron chi connectivity index (χ1n) is 8.51. The van der Waals surface area contributed by atoms with E-state index in [1.807, 2.05) is 0 Å². The van der Waals surface area contributed by atoms with Gasteiger partial charge in [0.1, 0.15) is 6.61 Å². The van der Waals surface area contributed by atoms with Crippen molar-refractivity contribution in [1.82, 2.24) is 9.38 Å². The fraction of sp³-hybridized carbons (Fsp3) is 0.222. The molecule has 30 heavy (non-hydrogen) atoms. The van der Waals surface area contributed by atoms with E-state index < -0.39 is 28.9 Å². The molecule has 0 unspecified atom stereocenters. The molecule has 0 radical (unpaired) electrons. The highest BCUT2D eigenvalue weighted by Gasteiger charge is 2.34. The molecule has 0 fully saturated rings. The summed E-state index contributed by atoms with van der Waals surface area (Å²) in [6.45, 7) is -0.229. The van der Waals surface area contributed by atoms with E-state index in [4.69, 9.17) is 4.74 Å². The van der Waals surface area contributed by atoms with Crippen molar-refractivity contribution in [2.24, 2.45) is 0 Å². The Bertz CT molecular complexity index is 1210. The number of amides is 1. The van der Waals surface area contributed by atoms with Gasteiger partial charge in [-0.1, -0.05) is 0 Å². The Morgan fingerprint density at radius 2 is 2.07 bits per heavy atom. The highest BCUT2D eigenvalue weighted by Crippen LogP contribution is 2.40. The molecule has 1 aromatic carbocycles. The number of carbonyl (C=O) groups is 2. The number of nitrogens with zero attached hydrogens (tertiary/aromatic N) is 2. The molecule has 1 atom stereocenters. The van der Waals surface area contributed by atoms with Gasteiger partial charge in [0.15, 0.2) is 4.96 Å². The van der Waals surface area contributed by atoms with E-state index in [9.17, 15) is 27.6 Å². The van der Waals surface area contributed by atoms with Gasteiger partial charge >= 0.3 is 12.1 Å². The van der Waals surface area contributed by atoms with Crippen LogP contribution in [0.2, 0.25) is 0 Å². The molecule has 1 aliphatic rings. The van der Waals surface area contributed by atoms with E-state index in [0.717, 1.165) is 23.9 Å². The summed E-state index contributed by atoms with van der Waals surface area (Å²) in [5.74, 6) is -1.27. The van der Waals surface area contributed by atoms with Crippen LogP contribution in [0.4, 0.5) is 18.9 Å². The monoisotopic (exact) mass is 455 g/mol. The van der Waals surface area contributed by atoms with Crippen molar-refractivity contribution in [1.29, 1.82) is 0 Å². The number of benzene rings is 1. The van der Waals surface area contributed by atoms with Gasteiger partial charge in [0.05, 0.1) is 28.6 Å². The van der Waals surface area contributed by atoms with Crippen molar-refractivity contribution in [2.75, 3.05) is 5.32 Å². The Morgan fingerprint density at radius 1 is 1.27 bits per heavy atom.